The summed E-state index contributed by atoms with van der Waals surface area (Å²) in [5.41, 5.74) is 33.7. The van der Waals surface area contributed by atoms with Gasteiger partial charge in [0.15, 0.2) is 5.84 Å². The molecule has 0 saturated carbocycles. The Morgan fingerprint density at radius 2 is 1.03 bits per heavy atom. The van der Waals surface area contributed by atoms with Crippen LogP contribution in [0, 0.1) is 11.3 Å². The van der Waals surface area contributed by atoms with E-state index < -0.39 is 0 Å². The van der Waals surface area contributed by atoms with Crippen molar-refractivity contribution < 1.29 is 34.8 Å². The summed E-state index contributed by atoms with van der Waals surface area (Å²) in [7, 11) is 0. The maximum atomic E-state index is 8.49. The van der Waals surface area contributed by atoms with Crippen LogP contribution in [0.1, 0.15) is 51.4 Å². The third-order valence-electron chi connectivity index (χ3n) is 4.45. The van der Waals surface area contributed by atoms with E-state index in [9.17, 15) is 0 Å². The van der Waals surface area contributed by atoms with Gasteiger partial charge in [-0.3, -0.25) is 26.4 Å². The molecule has 36 heavy (non-hydrogen) atoms. The average molecular weight is 552 g/mol. The lowest BCUT2D eigenvalue weighted by molar-refractivity contribution is -0.461. The molecule has 208 valence electrons. The quantitative estimate of drug-likeness (QED) is 0.0495. The van der Waals surface area contributed by atoms with E-state index in [1.807, 2.05) is 0 Å². The van der Waals surface area contributed by atoms with Crippen molar-refractivity contribution in [3.8, 4) is 6.07 Å². The number of hydrogen-bond donors (Lipinski definition) is 10. The number of nitriles is 1. The molecule has 0 aliphatic rings. The number of guanidine groups is 4. The maximum Gasteiger partial charge on any atom is 0.348 e. The van der Waals surface area contributed by atoms with Gasteiger partial charge in [0.25, 0.3) is 11.9 Å². The first-order valence-corrected chi connectivity index (χ1v) is 11.7. The van der Waals surface area contributed by atoms with Crippen LogP contribution in [0.25, 0.3) is 0 Å². The van der Waals surface area contributed by atoms with Gasteiger partial charge in [-0.05, 0) is 12.8 Å². The Morgan fingerprint density at radius 1 is 0.639 bits per heavy atom. The molecule has 0 fully saturated rings. The molecule has 0 bridgehead atoms. The number of hydrogen-bond acceptors (Lipinski definition) is 5. The molecule has 0 aromatic rings. The van der Waals surface area contributed by atoms with Gasteiger partial charge in [-0.2, -0.15) is 5.26 Å². The first kappa shape index (κ1) is 37.5. The van der Waals surface area contributed by atoms with Crippen molar-refractivity contribution >= 4 is 29.7 Å². The summed E-state index contributed by atoms with van der Waals surface area (Å²) in [4.78, 5) is 18.0. The van der Waals surface area contributed by atoms with E-state index in [2.05, 4.69) is 35.6 Å². The Balaban J connectivity index is -0.00000544. The van der Waals surface area contributed by atoms with Crippen molar-refractivity contribution in [3.05, 3.63) is 0 Å². The van der Waals surface area contributed by atoms with Crippen LogP contribution in [0.4, 0.5) is 0 Å². The monoisotopic (exact) mass is 550 g/mol. The smallest absolute Gasteiger partial charge is 0.348 e. The van der Waals surface area contributed by atoms with Crippen molar-refractivity contribution in [3.63, 3.8) is 0 Å². The lowest BCUT2D eigenvalue weighted by Crippen LogP contribution is -3.00. The third-order valence-corrected chi connectivity index (χ3v) is 4.45. The second-order valence-electron chi connectivity index (χ2n) is 7.46. The molecule has 0 spiro atoms. The summed E-state index contributed by atoms with van der Waals surface area (Å²) in [6.45, 7) is 3.07. The van der Waals surface area contributed by atoms with Gasteiger partial charge < -0.3 is 47.7 Å². The normalized spacial score (nSPS) is 12.8. The van der Waals surface area contributed by atoms with Crippen molar-refractivity contribution in [1.82, 2.24) is 10.6 Å². The zero-order valence-electron chi connectivity index (χ0n) is 20.9. The van der Waals surface area contributed by atoms with E-state index >= 15 is 0 Å². The second-order valence-corrected chi connectivity index (χ2v) is 7.46. The average Bonchev–Trinajstić information content (AvgIpc) is 2.80. The van der Waals surface area contributed by atoms with E-state index in [0.717, 1.165) is 38.8 Å². The fourth-order valence-electron chi connectivity index (χ4n) is 2.76. The van der Waals surface area contributed by atoms with Gasteiger partial charge in [0, 0.05) is 6.54 Å². The van der Waals surface area contributed by atoms with Crippen LogP contribution in [0.5, 0.6) is 0 Å². The van der Waals surface area contributed by atoms with Crippen molar-refractivity contribution in [2.45, 2.75) is 51.4 Å². The number of amidine groups is 1. The number of nitrogens with one attached hydrogen (secondary N) is 4. The van der Waals surface area contributed by atoms with Gasteiger partial charge in [-0.15, -0.1) is 0 Å². The second kappa shape index (κ2) is 26.6. The molecule has 0 atom stereocenters. The van der Waals surface area contributed by atoms with Crippen molar-refractivity contribution in [1.29, 1.82) is 5.26 Å². The van der Waals surface area contributed by atoms with Crippen LogP contribution < -0.4 is 79.8 Å². The molecule has 16 heteroatoms. The van der Waals surface area contributed by atoms with E-state index in [-0.39, 0.29) is 49.1 Å². The fraction of sp³-hybridized carbons (Fsp3) is 0.700. The van der Waals surface area contributed by atoms with Crippen LogP contribution >= 0.6 is 0 Å². The Hall–Kier alpha value is -3.02. The molecular formula is C20H44Cl2N14. The van der Waals surface area contributed by atoms with Crippen LogP contribution in [0.2, 0.25) is 0 Å². The van der Waals surface area contributed by atoms with Crippen LogP contribution in [-0.4, -0.2) is 68.9 Å². The number of unbranched alkanes of at least 4 members (excludes halogenated alkanes) is 7. The SMILES string of the molecule is N#CC(N)=NCCN=C(N)NC(N)=[NH+]CCCCCCCCCC[NH+]=C(N)NC(N)=NCCN.[Cl-].[Cl-]. The number of nitrogens with two attached hydrogens (primary N) is 6. The van der Waals surface area contributed by atoms with Crippen molar-refractivity contribution in [2.75, 3.05) is 39.3 Å². The summed E-state index contributed by atoms with van der Waals surface area (Å²) < 4.78 is 0. The Labute approximate surface area is 226 Å². The van der Waals surface area contributed by atoms with Crippen LogP contribution in [0.3, 0.4) is 0 Å². The molecule has 16 N–H and O–H groups in total. The number of nitrogens with zero attached hydrogens (tertiary/aromatic N) is 4. The maximum absolute atomic E-state index is 8.49. The standard InChI is InChI=1S/C20H42N14.2ClH/c21-9-12-31-19(26)33-17(24)29-10-7-5-3-1-2-4-6-8-11-30-18(25)34-20(27)32-14-13-28-16(23)15-22;;/h1-14,21H2,(H2,23,28)(H5,24,26,29,31,33)(H5,25,27,30,32,34);2*1H. The molecule has 0 radical (unpaired) electrons. The first-order chi connectivity index (χ1) is 16.4. The van der Waals surface area contributed by atoms with Gasteiger partial charge in [0.2, 0.25) is 0 Å². The molecular weight excluding hydrogens is 507 g/mol. The largest absolute Gasteiger partial charge is 1.00 e. The highest BCUT2D eigenvalue weighted by Gasteiger charge is 2.02. The molecule has 0 aromatic carbocycles. The molecule has 0 rings (SSSR count). The van der Waals surface area contributed by atoms with Crippen molar-refractivity contribution in [2.24, 2.45) is 49.4 Å². The molecule has 14 nitrogen and oxygen atoms in total. The lowest BCUT2D eigenvalue weighted by atomic mass is 10.1. The molecule has 0 aliphatic heterocycles. The molecule has 0 unspecified atom stereocenters. The van der Waals surface area contributed by atoms with Gasteiger partial charge >= 0.3 is 11.9 Å². The predicted octanol–water partition coefficient (Wildman–Crippen LogP) is -11.4. The fourth-order valence-corrected chi connectivity index (χ4v) is 2.76. The summed E-state index contributed by atoms with van der Waals surface area (Å²) in [5, 5.41) is 14.1. The minimum Gasteiger partial charge on any atom is -1.00 e. The van der Waals surface area contributed by atoms with Gasteiger partial charge in [0.1, 0.15) is 6.07 Å². The summed E-state index contributed by atoms with van der Waals surface area (Å²) >= 11 is 0. The molecule has 0 aromatic heterocycles. The first-order valence-electron chi connectivity index (χ1n) is 11.7. The van der Waals surface area contributed by atoms with Gasteiger partial charge in [-0.1, -0.05) is 38.5 Å². The van der Waals surface area contributed by atoms with E-state index in [0.29, 0.717) is 31.6 Å². The lowest BCUT2D eigenvalue weighted by Gasteiger charge is -2.02. The Bertz CT molecular complexity index is 743. The minimum absolute atomic E-state index is 0. The third kappa shape index (κ3) is 25.6. The number of rotatable bonds is 16. The Kier molecular flexibility index (Phi) is 27.7. The summed E-state index contributed by atoms with van der Waals surface area (Å²) in [5.74, 6) is 1.13. The van der Waals surface area contributed by atoms with Gasteiger partial charge in [-0.25, -0.2) is 20.6 Å². The molecule has 0 amide bonds. The van der Waals surface area contributed by atoms with Crippen LogP contribution in [0.15, 0.2) is 15.0 Å². The zero-order chi connectivity index (χ0) is 25.4. The van der Waals surface area contributed by atoms with Gasteiger partial charge in [0.05, 0.1) is 32.7 Å². The molecule has 0 saturated heterocycles. The number of halogens is 2. The van der Waals surface area contributed by atoms with E-state index in [1.54, 1.807) is 6.07 Å². The minimum atomic E-state index is -0.0766. The highest BCUT2D eigenvalue weighted by molar-refractivity contribution is 5.95. The summed E-state index contributed by atoms with van der Waals surface area (Å²) in [6.07, 6.45) is 9.17. The molecule has 0 aliphatic carbocycles. The molecule has 0 heterocycles. The number of aliphatic imine (C=N–C) groups is 3. The Morgan fingerprint density at radius 3 is 1.44 bits per heavy atom. The zero-order valence-corrected chi connectivity index (χ0v) is 22.4. The highest BCUT2D eigenvalue weighted by Crippen LogP contribution is 2.07. The van der Waals surface area contributed by atoms with E-state index in [4.69, 9.17) is 39.7 Å². The highest BCUT2D eigenvalue weighted by atomic mass is 35.5. The summed E-state index contributed by atoms with van der Waals surface area (Å²) in [6, 6.07) is 1.73. The van der Waals surface area contributed by atoms with Crippen LogP contribution in [-0.2, 0) is 0 Å². The van der Waals surface area contributed by atoms with E-state index in [1.165, 1.54) is 25.7 Å². The predicted molar refractivity (Wildman–Crippen MR) is 137 cm³/mol. The topological polar surface area (TPSA) is 269 Å².